The molecule has 1 amide bonds. The Balaban J connectivity index is 2.00. The minimum absolute atomic E-state index is 0.00881. The zero-order chi connectivity index (χ0) is 15.0. The number of benzene rings is 2. The van der Waals surface area contributed by atoms with Gasteiger partial charge in [-0.1, -0.05) is 11.6 Å². The highest BCUT2D eigenvalue weighted by molar-refractivity contribution is 6.13. The molecule has 106 valence electrons. The lowest BCUT2D eigenvalue weighted by Crippen LogP contribution is -2.25. The molecule has 5 heteroatoms. The fraction of sp³-hybridized carbons (Fsp3) is 0.125. The summed E-state index contributed by atoms with van der Waals surface area (Å²) in [5.41, 5.74) is 8.68. The highest BCUT2D eigenvalue weighted by atomic mass is 16.5. The summed E-state index contributed by atoms with van der Waals surface area (Å²) in [4.78, 5) is 23.9. The molecule has 2 aromatic rings. The van der Waals surface area contributed by atoms with Crippen molar-refractivity contribution in [3.63, 3.8) is 0 Å². The van der Waals surface area contributed by atoms with E-state index in [9.17, 15) is 9.59 Å². The fourth-order valence-electron chi connectivity index (χ4n) is 2.25. The van der Waals surface area contributed by atoms with Gasteiger partial charge in [-0.05, 0) is 37.3 Å². The summed E-state index contributed by atoms with van der Waals surface area (Å²) in [6.07, 6.45) is 0. The first-order valence-corrected chi connectivity index (χ1v) is 6.52. The van der Waals surface area contributed by atoms with Crippen LogP contribution in [0.5, 0.6) is 5.75 Å². The van der Waals surface area contributed by atoms with Crippen LogP contribution in [0.3, 0.4) is 0 Å². The molecule has 2 aromatic carbocycles. The maximum absolute atomic E-state index is 12.6. The van der Waals surface area contributed by atoms with Gasteiger partial charge in [-0.3, -0.25) is 9.59 Å². The first-order chi connectivity index (χ1) is 10.0. The Labute approximate surface area is 121 Å². The maximum Gasteiger partial charge on any atom is 0.262 e. The Hall–Kier alpha value is -2.82. The molecule has 5 nitrogen and oxygen atoms in total. The Bertz CT molecular complexity index is 753. The lowest BCUT2D eigenvalue weighted by atomic mass is 9.99. The van der Waals surface area contributed by atoms with Gasteiger partial charge in [-0.15, -0.1) is 0 Å². The van der Waals surface area contributed by atoms with Crippen molar-refractivity contribution in [2.45, 2.75) is 6.92 Å². The van der Waals surface area contributed by atoms with Gasteiger partial charge in [0.05, 0.1) is 5.69 Å². The van der Waals surface area contributed by atoms with Crippen LogP contribution in [0.2, 0.25) is 0 Å². The highest BCUT2D eigenvalue weighted by Gasteiger charge is 2.19. The third kappa shape index (κ3) is 2.45. The molecular weight excluding hydrogens is 268 g/mol. The molecule has 1 aliphatic rings. The van der Waals surface area contributed by atoms with Crippen molar-refractivity contribution in [3.05, 3.63) is 53.1 Å². The van der Waals surface area contributed by atoms with E-state index in [1.807, 2.05) is 13.0 Å². The Morgan fingerprint density at radius 3 is 2.86 bits per heavy atom. The molecule has 0 unspecified atom stereocenters. The molecule has 0 radical (unpaired) electrons. The number of hydrogen-bond donors (Lipinski definition) is 2. The van der Waals surface area contributed by atoms with E-state index in [2.05, 4.69) is 5.32 Å². The van der Waals surface area contributed by atoms with E-state index in [-0.39, 0.29) is 18.3 Å². The Morgan fingerprint density at radius 1 is 1.24 bits per heavy atom. The number of nitrogens with two attached hydrogens (primary N) is 1. The van der Waals surface area contributed by atoms with Gasteiger partial charge in [0.1, 0.15) is 5.75 Å². The third-order valence-electron chi connectivity index (χ3n) is 3.33. The van der Waals surface area contributed by atoms with Crippen LogP contribution in [0, 0.1) is 6.92 Å². The van der Waals surface area contributed by atoms with E-state index in [0.717, 1.165) is 5.56 Å². The van der Waals surface area contributed by atoms with Crippen LogP contribution in [0.1, 0.15) is 21.5 Å². The fourth-order valence-corrected chi connectivity index (χ4v) is 2.25. The average molecular weight is 282 g/mol. The molecule has 0 saturated heterocycles. The molecule has 3 N–H and O–H groups in total. The lowest BCUT2D eigenvalue weighted by Gasteiger charge is -2.18. The zero-order valence-corrected chi connectivity index (χ0v) is 11.5. The number of rotatable bonds is 2. The largest absolute Gasteiger partial charge is 0.482 e. The van der Waals surface area contributed by atoms with Crippen molar-refractivity contribution in [2.24, 2.45) is 0 Å². The van der Waals surface area contributed by atoms with Gasteiger partial charge in [0.25, 0.3) is 5.91 Å². The second-order valence-corrected chi connectivity index (χ2v) is 4.97. The van der Waals surface area contributed by atoms with Gasteiger partial charge in [0.2, 0.25) is 0 Å². The monoisotopic (exact) mass is 282 g/mol. The van der Waals surface area contributed by atoms with Crippen molar-refractivity contribution < 1.29 is 14.3 Å². The number of ketones is 1. The molecule has 0 bridgehead atoms. The van der Waals surface area contributed by atoms with Crippen LogP contribution in [0.4, 0.5) is 11.4 Å². The van der Waals surface area contributed by atoms with Crippen LogP contribution >= 0.6 is 0 Å². The first-order valence-electron chi connectivity index (χ1n) is 6.52. The molecule has 21 heavy (non-hydrogen) atoms. The van der Waals surface area contributed by atoms with Crippen LogP contribution in [0.15, 0.2) is 36.4 Å². The number of nitrogens with one attached hydrogen (secondary N) is 1. The Morgan fingerprint density at radius 2 is 2.05 bits per heavy atom. The number of aryl methyl sites for hydroxylation is 1. The summed E-state index contributed by atoms with van der Waals surface area (Å²) in [7, 11) is 0. The molecular formula is C16H14N2O3. The third-order valence-corrected chi connectivity index (χ3v) is 3.33. The minimum Gasteiger partial charge on any atom is -0.482 e. The Kier molecular flexibility index (Phi) is 3.10. The van der Waals surface area contributed by atoms with E-state index in [4.69, 9.17) is 10.5 Å². The van der Waals surface area contributed by atoms with Crippen molar-refractivity contribution in [1.29, 1.82) is 0 Å². The molecule has 0 saturated carbocycles. The van der Waals surface area contributed by atoms with Gasteiger partial charge >= 0.3 is 0 Å². The molecule has 0 spiro atoms. The van der Waals surface area contributed by atoms with Gasteiger partial charge in [-0.2, -0.15) is 0 Å². The standard InChI is InChI=1S/C16H14N2O3/c1-9-2-4-12(17)11(6-9)16(20)10-3-5-14-13(7-10)18-15(19)8-21-14/h2-7H,8,17H2,1H3,(H,18,19). The molecule has 0 atom stereocenters. The van der Waals surface area contributed by atoms with Gasteiger partial charge in [-0.25, -0.2) is 0 Å². The van der Waals surface area contributed by atoms with E-state index < -0.39 is 0 Å². The molecule has 0 fully saturated rings. The second-order valence-electron chi connectivity index (χ2n) is 4.97. The predicted molar refractivity (Wildman–Crippen MR) is 79.6 cm³/mol. The highest BCUT2D eigenvalue weighted by Crippen LogP contribution is 2.30. The van der Waals surface area contributed by atoms with Crippen LogP contribution in [-0.4, -0.2) is 18.3 Å². The smallest absolute Gasteiger partial charge is 0.262 e. The summed E-state index contributed by atoms with van der Waals surface area (Å²) in [5.74, 6) is 0.143. The van der Waals surface area contributed by atoms with E-state index in [1.165, 1.54) is 0 Å². The quantitative estimate of drug-likeness (QED) is 0.653. The van der Waals surface area contributed by atoms with Crippen molar-refractivity contribution in [2.75, 3.05) is 17.7 Å². The van der Waals surface area contributed by atoms with Crippen LogP contribution in [0.25, 0.3) is 0 Å². The first kappa shape index (κ1) is 13.2. The number of anilines is 2. The van der Waals surface area contributed by atoms with Crippen molar-refractivity contribution in [3.8, 4) is 5.75 Å². The molecule has 0 aliphatic carbocycles. The molecule has 1 heterocycles. The number of hydrogen-bond acceptors (Lipinski definition) is 4. The summed E-state index contributed by atoms with van der Waals surface area (Å²) < 4.78 is 5.27. The van der Waals surface area contributed by atoms with E-state index in [0.29, 0.717) is 28.3 Å². The summed E-state index contributed by atoms with van der Waals surface area (Å²) in [6, 6.07) is 10.3. The van der Waals surface area contributed by atoms with Crippen molar-refractivity contribution >= 4 is 23.1 Å². The lowest BCUT2D eigenvalue weighted by molar-refractivity contribution is -0.118. The second kappa shape index (κ2) is 4.94. The number of carbonyl (C=O) groups excluding carboxylic acids is 2. The van der Waals surface area contributed by atoms with Gasteiger partial charge in [0, 0.05) is 16.8 Å². The summed E-state index contributed by atoms with van der Waals surface area (Å²) in [6.45, 7) is 1.89. The van der Waals surface area contributed by atoms with Crippen LogP contribution < -0.4 is 15.8 Å². The molecule has 3 rings (SSSR count). The average Bonchev–Trinajstić information content (AvgIpc) is 2.48. The number of amides is 1. The predicted octanol–water partition coefficient (Wildman–Crippen LogP) is 2.14. The van der Waals surface area contributed by atoms with Gasteiger partial charge < -0.3 is 15.8 Å². The number of ether oxygens (including phenoxy) is 1. The maximum atomic E-state index is 12.6. The van der Waals surface area contributed by atoms with Crippen LogP contribution in [-0.2, 0) is 4.79 Å². The number of carbonyl (C=O) groups is 2. The molecule has 0 aromatic heterocycles. The summed E-state index contributed by atoms with van der Waals surface area (Å²) in [5, 5.41) is 2.69. The number of fused-ring (bicyclic) bond motifs is 1. The SMILES string of the molecule is Cc1ccc(N)c(C(=O)c2ccc3c(c2)NC(=O)CO3)c1. The molecule has 1 aliphatic heterocycles. The number of nitrogen functional groups attached to an aromatic ring is 1. The minimum atomic E-state index is -0.234. The normalized spacial score (nSPS) is 13.1. The van der Waals surface area contributed by atoms with E-state index >= 15 is 0 Å². The topological polar surface area (TPSA) is 81.4 Å². The summed E-state index contributed by atoms with van der Waals surface area (Å²) >= 11 is 0. The van der Waals surface area contributed by atoms with E-state index in [1.54, 1.807) is 30.3 Å². The zero-order valence-electron chi connectivity index (χ0n) is 11.5. The van der Waals surface area contributed by atoms with Crippen molar-refractivity contribution in [1.82, 2.24) is 0 Å². The van der Waals surface area contributed by atoms with Gasteiger partial charge in [0.15, 0.2) is 12.4 Å².